The molecular weight excluding hydrogens is 266 g/mol. The summed E-state index contributed by atoms with van der Waals surface area (Å²) >= 11 is 0. The number of nitrogens with one attached hydrogen (secondary N) is 1. The van der Waals surface area contributed by atoms with E-state index in [-0.39, 0.29) is 0 Å². The van der Waals surface area contributed by atoms with Crippen LogP contribution in [0.4, 0.5) is 0 Å². The molecule has 1 aromatic heterocycles. The Kier molecular flexibility index (Phi) is 4.35. The Hall–Kier alpha value is -2.80. The van der Waals surface area contributed by atoms with Crippen molar-refractivity contribution in [3.63, 3.8) is 0 Å². The Bertz CT molecular complexity index is 796. The van der Waals surface area contributed by atoms with Crippen LogP contribution in [0.15, 0.2) is 91.0 Å². The molecule has 0 aliphatic heterocycles. The monoisotopic (exact) mass is 285 g/mol. The molecule has 0 saturated heterocycles. The van der Waals surface area contributed by atoms with E-state index >= 15 is 0 Å². The highest BCUT2D eigenvalue weighted by Gasteiger charge is 2.00. The van der Waals surface area contributed by atoms with Gasteiger partial charge in [0.1, 0.15) is 0 Å². The van der Waals surface area contributed by atoms with Crippen LogP contribution >= 0.6 is 0 Å². The molecule has 1 nitrogen and oxygen atoms in total. The summed E-state index contributed by atoms with van der Waals surface area (Å²) in [7, 11) is 0. The van der Waals surface area contributed by atoms with Gasteiger partial charge in [-0.05, 0) is 24.6 Å². The topological polar surface area (TPSA) is 15.8 Å². The number of hydrogen-bond donors (Lipinski definition) is 1. The van der Waals surface area contributed by atoms with Crippen molar-refractivity contribution in [1.29, 1.82) is 0 Å². The lowest BCUT2D eigenvalue weighted by molar-refractivity contribution is 1.45. The molecule has 0 amide bonds. The van der Waals surface area contributed by atoms with Crippen molar-refractivity contribution in [2.75, 3.05) is 0 Å². The smallest absolute Gasteiger partial charge is 0.0464 e. The average molecular weight is 285 g/mol. The first-order chi connectivity index (χ1) is 10.8. The average Bonchev–Trinajstić information content (AvgIpc) is 3.01. The van der Waals surface area contributed by atoms with Gasteiger partial charge in [0.15, 0.2) is 0 Å². The zero-order chi connectivity index (χ0) is 15.2. The maximum Gasteiger partial charge on any atom is 0.0464 e. The van der Waals surface area contributed by atoms with Crippen molar-refractivity contribution in [3.05, 3.63) is 96.6 Å². The summed E-state index contributed by atoms with van der Waals surface area (Å²) in [5, 5.41) is 1.26. The van der Waals surface area contributed by atoms with Crippen molar-refractivity contribution >= 4 is 10.9 Å². The number of para-hydroxylation sites is 1. The van der Waals surface area contributed by atoms with E-state index < -0.39 is 0 Å². The van der Waals surface area contributed by atoms with Gasteiger partial charge in [0.2, 0.25) is 0 Å². The van der Waals surface area contributed by atoms with E-state index in [1.165, 1.54) is 27.7 Å². The van der Waals surface area contributed by atoms with Crippen molar-refractivity contribution < 1.29 is 0 Å². The summed E-state index contributed by atoms with van der Waals surface area (Å²) in [5.41, 5.74) is 4.92. The number of aryl methyl sites for hydroxylation is 1. The second kappa shape index (κ2) is 6.77. The quantitative estimate of drug-likeness (QED) is 0.453. The van der Waals surface area contributed by atoms with Crippen LogP contribution in [0, 0.1) is 6.92 Å². The third-order valence-electron chi connectivity index (χ3n) is 3.56. The molecular formula is C21H19N. The van der Waals surface area contributed by atoms with Crippen molar-refractivity contribution in [3.8, 4) is 11.3 Å². The summed E-state index contributed by atoms with van der Waals surface area (Å²) < 4.78 is 0. The van der Waals surface area contributed by atoms with Crippen LogP contribution in [0.25, 0.3) is 22.2 Å². The van der Waals surface area contributed by atoms with Crippen LogP contribution in [0.1, 0.15) is 5.56 Å². The van der Waals surface area contributed by atoms with Crippen molar-refractivity contribution in [1.82, 2.24) is 4.98 Å². The number of fused-ring (bicyclic) bond motifs is 1. The third-order valence-corrected chi connectivity index (χ3v) is 3.56. The van der Waals surface area contributed by atoms with Crippen molar-refractivity contribution in [2.24, 2.45) is 0 Å². The second-order valence-electron chi connectivity index (χ2n) is 5.29. The van der Waals surface area contributed by atoms with Gasteiger partial charge < -0.3 is 4.98 Å². The fourth-order valence-corrected chi connectivity index (χ4v) is 2.38. The lowest BCUT2D eigenvalue weighted by Crippen LogP contribution is -1.74. The van der Waals surface area contributed by atoms with Gasteiger partial charge in [-0.15, -0.1) is 0 Å². The second-order valence-corrected chi connectivity index (χ2v) is 5.29. The molecule has 0 radical (unpaired) electrons. The van der Waals surface area contributed by atoms with Crippen LogP contribution in [-0.2, 0) is 0 Å². The highest BCUT2D eigenvalue weighted by molar-refractivity contribution is 5.85. The van der Waals surface area contributed by atoms with Gasteiger partial charge in [0, 0.05) is 16.6 Å². The molecule has 4 rings (SSSR count). The minimum Gasteiger partial charge on any atom is -0.355 e. The molecule has 1 heterocycles. The fraction of sp³-hybridized carbons (Fsp3) is 0.0476. The molecule has 108 valence electrons. The summed E-state index contributed by atoms with van der Waals surface area (Å²) in [6.07, 6.45) is 0. The Labute approximate surface area is 131 Å². The van der Waals surface area contributed by atoms with E-state index in [1.54, 1.807) is 0 Å². The zero-order valence-corrected chi connectivity index (χ0v) is 12.7. The number of rotatable bonds is 1. The first-order valence-electron chi connectivity index (χ1n) is 7.48. The molecule has 1 heteroatoms. The van der Waals surface area contributed by atoms with E-state index in [9.17, 15) is 0 Å². The normalized spacial score (nSPS) is 10.0. The summed E-state index contributed by atoms with van der Waals surface area (Å²) in [5.74, 6) is 0. The van der Waals surface area contributed by atoms with E-state index in [2.05, 4.69) is 72.6 Å². The molecule has 0 atom stereocenters. The van der Waals surface area contributed by atoms with Crippen molar-refractivity contribution in [2.45, 2.75) is 6.92 Å². The van der Waals surface area contributed by atoms with Gasteiger partial charge in [0.25, 0.3) is 0 Å². The van der Waals surface area contributed by atoms with E-state index in [4.69, 9.17) is 0 Å². The molecule has 0 unspecified atom stereocenters. The number of aromatic nitrogens is 1. The molecule has 4 aromatic rings. The fourth-order valence-electron chi connectivity index (χ4n) is 2.38. The van der Waals surface area contributed by atoms with Gasteiger partial charge in [-0.2, -0.15) is 0 Å². The maximum atomic E-state index is 3.41. The van der Waals surface area contributed by atoms with Crippen LogP contribution < -0.4 is 0 Å². The highest BCUT2D eigenvalue weighted by atomic mass is 14.7. The van der Waals surface area contributed by atoms with Gasteiger partial charge in [-0.25, -0.2) is 0 Å². The van der Waals surface area contributed by atoms with Gasteiger partial charge in [-0.3, -0.25) is 0 Å². The molecule has 0 saturated carbocycles. The van der Waals surface area contributed by atoms with Gasteiger partial charge in [-0.1, -0.05) is 84.4 Å². The Balaban J connectivity index is 0.000000174. The van der Waals surface area contributed by atoms with Crippen LogP contribution in [0.3, 0.4) is 0 Å². The third kappa shape index (κ3) is 3.44. The number of H-pyrrole nitrogens is 1. The summed E-state index contributed by atoms with van der Waals surface area (Å²) in [6.45, 7) is 2.08. The molecule has 0 aliphatic rings. The standard InChI is InChI=1S/C14H11N.C7H8/c1-2-6-11(7-3-1)14-10-12-8-4-5-9-13(12)15-14;1-7-5-3-2-4-6-7/h1-10,15H;2-6H,1H3. The SMILES string of the molecule is Cc1ccccc1.c1ccc(-c2cc3ccccc3[nH]2)cc1. The molecule has 0 bridgehead atoms. The largest absolute Gasteiger partial charge is 0.355 e. The van der Waals surface area contributed by atoms with Crippen LogP contribution in [0.5, 0.6) is 0 Å². The minimum absolute atomic E-state index is 1.18. The molecule has 0 spiro atoms. The molecule has 3 aromatic carbocycles. The molecule has 22 heavy (non-hydrogen) atoms. The Morgan fingerprint density at radius 3 is 1.82 bits per heavy atom. The lowest BCUT2D eigenvalue weighted by atomic mass is 10.1. The number of hydrogen-bond acceptors (Lipinski definition) is 0. The molecule has 0 fully saturated rings. The Morgan fingerprint density at radius 2 is 1.23 bits per heavy atom. The van der Waals surface area contributed by atoms with E-state index in [1.807, 2.05) is 30.3 Å². The van der Waals surface area contributed by atoms with Crippen LogP contribution in [-0.4, -0.2) is 4.98 Å². The predicted octanol–water partition coefficient (Wildman–Crippen LogP) is 5.83. The zero-order valence-electron chi connectivity index (χ0n) is 12.7. The summed E-state index contributed by atoms with van der Waals surface area (Å²) in [6, 6.07) is 31.2. The maximum absolute atomic E-state index is 3.41. The molecule has 1 N–H and O–H groups in total. The van der Waals surface area contributed by atoms with E-state index in [0.717, 1.165) is 0 Å². The molecule has 0 aliphatic carbocycles. The predicted molar refractivity (Wildman–Crippen MR) is 94.9 cm³/mol. The van der Waals surface area contributed by atoms with Gasteiger partial charge >= 0.3 is 0 Å². The lowest BCUT2D eigenvalue weighted by Gasteiger charge is -1.94. The first-order valence-corrected chi connectivity index (χ1v) is 7.48. The first kappa shape index (κ1) is 14.2. The van der Waals surface area contributed by atoms with E-state index in [0.29, 0.717) is 0 Å². The van der Waals surface area contributed by atoms with Crippen LogP contribution in [0.2, 0.25) is 0 Å². The number of benzene rings is 3. The Morgan fingerprint density at radius 1 is 0.636 bits per heavy atom. The number of aromatic amines is 1. The summed E-state index contributed by atoms with van der Waals surface area (Å²) in [4.78, 5) is 3.41. The minimum atomic E-state index is 1.18. The highest BCUT2D eigenvalue weighted by Crippen LogP contribution is 2.23. The van der Waals surface area contributed by atoms with Gasteiger partial charge in [0.05, 0.1) is 0 Å².